The van der Waals surface area contributed by atoms with Crippen LogP contribution in [0.5, 0.6) is 0 Å². The molecular weight excluding hydrogens is 617 g/mol. The summed E-state index contributed by atoms with van der Waals surface area (Å²) >= 11 is 0. The maximum absolute atomic E-state index is 9.69. The van der Waals surface area contributed by atoms with Crippen molar-refractivity contribution in [2.24, 2.45) is 0 Å². The number of hydrogen-bond donors (Lipinski definition) is 0. The van der Waals surface area contributed by atoms with Crippen LogP contribution in [-0.2, 0) is 0 Å². The fourth-order valence-electron chi connectivity index (χ4n) is 8.09. The molecule has 0 bridgehead atoms. The molecule has 0 unspecified atom stereocenters. The second-order valence-electron chi connectivity index (χ2n) is 13.0. The first kappa shape index (κ1) is 21.4. The predicted octanol–water partition coefficient (Wildman–Crippen LogP) is 14.4. The number of hydrogen-bond acceptors (Lipinski definition) is 1. The van der Waals surface area contributed by atoms with Gasteiger partial charge in [0.2, 0.25) is 0 Å². The van der Waals surface area contributed by atoms with Crippen LogP contribution in [-0.4, -0.2) is 0 Å². The van der Waals surface area contributed by atoms with Gasteiger partial charge in [-0.05, 0) is 105 Å². The van der Waals surface area contributed by atoms with Crippen LogP contribution in [0, 0.1) is 0 Å². The zero-order valence-corrected chi connectivity index (χ0v) is 27.1. The van der Waals surface area contributed by atoms with E-state index >= 15 is 0 Å². The minimum atomic E-state index is -0.440. The van der Waals surface area contributed by atoms with Crippen molar-refractivity contribution in [1.82, 2.24) is 0 Å². The maximum Gasteiger partial charge on any atom is 0.136 e. The Kier molecular flexibility index (Phi) is 4.57. The first-order chi connectivity index (χ1) is 28.6. The van der Waals surface area contributed by atoms with Gasteiger partial charge in [-0.25, -0.2) is 0 Å². The van der Waals surface area contributed by atoms with Crippen molar-refractivity contribution in [3.05, 3.63) is 182 Å². The first-order valence-corrected chi connectivity index (χ1v) is 16.9. The topological polar surface area (TPSA) is 13.1 Å². The Balaban J connectivity index is 1.42. The van der Waals surface area contributed by atoms with Gasteiger partial charge in [0.05, 0.1) is 11.0 Å². The number of rotatable bonds is 3. The zero-order chi connectivity index (χ0) is 40.4. The molecule has 0 aliphatic rings. The van der Waals surface area contributed by atoms with Gasteiger partial charge in [0.1, 0.15) is 11.2 Å². The molecule has 0 spiro atoms. The SMILES string of the molecule is [2H]c1c([2H])c([2H])c2c(-c3c(-c4cccc5oc6ccc7ccccc7c6c45)ccc4ccccc34)c3c([2H])c([2H])c([2H])c([2H])c3c(-c3ccc4ccccc4c3)c2c1[2H]. The molecule has 0 fully saturated rings. The standard InChI is InChI=1S/C50H30O/c1-2-15-34-30-35(25-24-31(34)12-1)46-38-18-7-9-20-40(38)48(41-21-10-8-19-39(41)46)47-36-16-5-3-13-32(36)26-28-43(47)42-22-11-23-44-50(42)49-37-17-6-4-14-33(37)27-29-45(49)51-44/h1-30H/i7D,8D,9D,10D,18D,19D,20D,21D. The molecule has 0 radical (unpaired) electrons. The summed E-state index contributed by atoms with van der Waals surface area (Å²) in [4.78, 5) is 0. The van der Waals surface area contributed by atoms with E-state index in [1.165, 1.54) is 0 Å². The van der Waals surface area contributed by atoms with Gasteiger partial charge >= 0.3 is 0 Å². The highest BCUT2D eigenvalue weighted by molar-refractivity contribution is 6.28. The molecule has 10 aromatic carbocycles. The average Bonchev–Trinajstić information content (AvgIpc) is 3.67. The van der Waals surface area contributed by atoms with Crippen LogP contribution in [0.25, 0.3) is 109 Å². The van der Waals surface area contributed by atoms with Crippen molar-refractivity contribution in [3.8, 4) is 33.4 Å². The lowest BCUT2D eigenvalue weighted by molar-refractivity contribution is 0.669. The molecule has 0 amide bonds. The summed E-state index contributed by atoms with van der Waals surface area (Å²) in [7, 11) is 0. The Morgan fingerprint density at radius 3 is 1.67 bits per heavy atom. The molecule has 1 heteroatoms. The van der Waals surface area contributed by atoms with E-state index in [1.807, 2.05) is 121 Å². The maximum atomic E-state index is 9.69. The van der Waals surface area contributed by atoms with Gasteiger partial charge in [0, 0.05) is 10.8 Å². The summed E-state index contributed by atoms with van der Waals surface area (Å²) in [6, 6.07) is 40.4. The summed E-state index contributed by atoms with van der Waals surface area (Å²) in [5.41, 5.74) is 4.68. The highest BCUT2D eigenvalue weighted by Gasteiger charge is 2.23. The summed E-state index contributed by atoms with van der Waals surface area (Å²) in [6.07, 6.45) is 0. The van der Waals surface area contributed by atoms with Crippen LogP contribution in [0.4, 0.5) is 0 Å². The number of furan rings is 1. The van der Waals surface area contributed by atoms with Gasteiger partial charge in [0.15, 0.2) is 0 Å². The van der Waals surface area contributed by atoms with E-state index in [4.69, 9.17) is 9.90 Å². The highest BCUT2D eigenvalue weighted by Crippen LogP contribution is 2.50. The molecule has 0 N–H and O–H groups in total. The second-order valence-corrected chi connectivity index (χ2v) is 13.0. The third kappa shape index (κ3) is 4.16. The van der Waals surface area contributed by atoms with Crippen LogP contribution >= 0.6 is 0 Å². The Hall–Kier alpha value is -6.70. The average molecular weight is 655 g/mol. The molecule has 0 aliphatic heterocycles. The molecule has 0 saturated heterocycles. The molecule has 0 saturated carbocycles. The van der Waals surface area contributed by atoms with Gasteiger partial charge in [-0.15, -0.1) is 0 Å². The molecule has 1 aromatic heterocycles. The highest BCUT2D eigenvalue weighted by atomic mass is 16.3. The van der Waals surface area contributed by atoms with E-state index in [2.05, 4.69) is 12.1 Å². The van der Waals surface area contributed by atoms with E-state index in [1.54, 1.807) is 0 Å². The fraction of sp³-hybridized carbons (Fsp3) is 0. The quantitative estimate of drug-likeness (QED) is 0.173. The Labute approximate surface area is 305 Å². The van der Waals surface area contributed by atoms with Crippen molar-refractivity contribution < 1.29 is 15.4 Å². The number of benzene rings is 10. The molecule has 51 heavy (non-hydrogen) atoms. The van der Waals surface area contributed by atoms with E-state index in [9.17, 15) is 5.48 Å². The van der Waals surface area contributed by atoms with Crippen molar-refractivity contribution in [1.29, 1.82) is 0 Å². The van der Waals surface area contributed by atoms with E-state index < -0.39 is 24.2 Å². The van der Waals surface area contributed by atoms with Crippen molar-refractivity contribution in [2.45, 2.75) is 0 Å². The van der Waals surface area contributed by atoms with Crippen molar-refractivity contribution in [3.63, 3.8) is 0 Å². The summed E-state index contributed by atoms with van der Waals surface area (Å²) in [5, 5.41) is 7.98. The molecule has 1 heterocycles. The normalized spacial score (nSPS) is 14.1. The van der Waals surface area contributed by atoms with Crippen LogP contribution in [0.1, 0.15) is 11.0 Å². The lowest BCUT2D eigenvalue weighted by Crippen LogP contribution is -1.94. The van der Waals surface area contributed by atoms with Gasteiger partial charge < -0.3 is 4.42 Å². The van der Waals surface area contributed by atoms with Gasteiger partial charge in [-0.3, -0.25) is 0 Å². The van der Waals surface area contributed by atoms with Crippen LogP contribution < -0.4 is 0 Å². The Morgan fingerprint density at radius 1 is 0.353 bits per heavy atom. The zero-order valence-electron chi connectivity index (χ0n) is 35.1. The summed E-state index contributed by atoms with van der Waals surface area (Å²) in [6.45, 7) is 0. The Morgan fingerprint density at radius 2 is 0.922 bits per heavy atom. The molecule has 11 aromatic rings. The second kappa shape index (κ2) is 10.9. The first-order valence-electron chi connectivity index (χ1n) is 20.9. The monoisotopic (exact) mass is 654 g/mol. The molecule has 0 aliphatic carbocycles. The number of fused-ring (bicyclic) bond motifs is 9. The van der Waals surface area contributed by atoms with Crippen molar-refractivity contribution in [2.75, 3.05) is 0 Å². The minimum absolute atomic E-state index is 0.170. The van der Waals surface area contributed by atoms with Crippen LogP contribution in [0.2, 0.25) is 0 Å². The third-order valence-corrected chi connectivity index (χ3v) is 10.3. The molecule has 236 valence electrons. The van der Waals surface area contributed by atoms with Gasteiger partial charge in [-0.1, -0.05) is 164 Å². The smallest absolute Gasteiger partial charge is 0.136 e. The minimum Gasteiger partial charge on any atom is -0.456 e. The summed E-state index contributed by atoms with van der Waals surface area (Å²) < 4.78 is 81.1. The lowest BCUT2D eigenvalue weighted by atomic mass is 9.81. The van der Waals surface area contributed by atoms with Crippen LogP contribution in [0.3, 0.4) is 0 Å². The molecule has 1 nitrogen and oxygen atoms in total. The van der Waals surface area contributed by atoms with E-state index in [0.717, 1.165) is 48.7 Å². The van der Waals surface area contributed by atoms with Crippen LogP contribution in [0.15, 0.2) is 186 Å². The predicted molar refractivity (Wildman–Crippen MR) is 218 cm³/mol. The third-order valence-electron chi connectivity index (χ3n) is 10.3. The lowest BCUT2D eigenvalue weighted by Gasteiger charge is -2.21. The van der Waals surface area contributed by atoms with Crippen molar-refractivity contribution >= 4 is 75.8 Å². The molecule has 11 rings (SSSR count). The van der Waals surface area contributed by atoms with Gasteiger partial charge in [-0.2, -0.15) is 0 Å². The Bertz CT molecular complexity index is 3580. The summed E-state index contributed by atoms with van der Waals surface area (Å²) in [5.74, 6) is 0. The largest absolute Gasteiger partial charge is 0.456 e. The fourth-order valence-corrected chi connectivity index (χ4v) is 8.09. The molecule has 0 atom stereocenters. The molecular formula is C50H30O. The van der Waals surface area contributed by atoms with E-state index in [-0.39, 0.29) is 45.7 Å². The van der Waals surface area contributed by atoms with Gasteiger partial charge in [0.25, 0.3) is 0 Å². The van der Waals surface area contributed by atoms with E-state index in [0.29, 0.717) is 39.0 Å².